The first-order valence-electron chi connectivity index (χ1n) is 7.53. The monoisotopic (exact) mass is 389 g/mol. The van der Waals surface area contributed by atoms with Crippen LogP contribution in [-0.4, -0.2) is 25.4 Å². The van der Waals surface area contributed by atoms with E-state index in [1.807, 2.05) is 30.5 Å². The molecule has 8 heteroatoms. The van der Waals surface area contributed by atoms with Crippen LogP contribution in [0.25, 0.3) is 22.3 Å². The predicted molar refractivity (Wildman–Crippen MR) is 104 cm³/mol. The van der Waals surface area contributed by atoms with Gasteiger partial charge in [-0.25, -0.2) is 13.4 Å². The van der Waals surface area contributed by atoms with E-state index in [0.29, 0.717) is 9.90 Å². The van der Waals surface area contributed by atoms with E-state index in [1.54, 1.807) is 42.0 Å². The standard InChI is InChI=1S/C17H15N3O2S3/c1-11-18-14(10-24-11)13-9-12-5-3-6-15(17(12)19-13)20(2)25(21,22)16-7-4-8-23-16/h3-10,19H,1-2H3. The quantitative estimate of drug-likeness (QED) is 0.559. The number of aromatic amines is 1. The number of nitrogens with one attached hydrogen (secondary N) is 1. The third kappa shape index (κ3) is 2.76. The van der Waals surface area contributed by atoms with E-state index in [1.165, 1.54) is 15.6 Å². The van der Waals surface area contributed by atoms with Crippen molar-refractivity contribution < 1.29 is 8.42 Å². The van der Waals surface area contributed by atoms with Gasteiger partial charge >= 0.3 is 0 Å². The zero-order chi connectivity index (χ0) is 17.6. The van der Waals surface area contributed by atoms with Crippen LogP contribution in [0.4, 0.5) is 5.69 Å². The Hall–Kier alpha value is -2.16. The van der Waals surface area contributed by atoms with Crippen LogP contribution in [0.5, 0.6) is 0 Å². The van der Waals surface area contributed by atoms with Crippen molar-refractivity contribution in [2.24, 2.45) is 0 Å². The summed E-state index contributed by atoms with van der Waals surface area (Å²) in [4.78, 5) is 7.83. The summed E-state index contributed by atoms with van der Waals surface area (Å²) in [7, 11) is -1.99. The van der Waals surface area contributed by atoms with Crippen molar-refractivity contribution in [2.75, 3.05) is 11.4 Å². The van der Waals surface area contributed by atoms with Crippen LogP contribution < -0.4 is 4.31 Å². The fraction of sp³-hybridized carbons (Fsp3) is 0.118. The van der Waals surface area contributed by atoms with Gasteiger partial charge in [0.2, 0.25) is 0 Å². The summed E-state index contributed by atoms with van der Waals surface area (Å²) in [5, 5.41) is 5.70. The van der Waals surface area contributed by atoms with Crippen molar-refractivity contribution in [2.45, 2.75) is 11.1 Å². The molecule has 0 bridgehead atoms. The molecule has 0 unspecified atom stereocenters. The van der Waals surface area contributed by atoms with Crippen LogP contribution in [0.15, 0.2) is 51.4 Å². The van der Waals surface area contributed by atoms with Crippen molar-refractivity contribution >= 4 is 49.3 Å². The molecule has 0 spiro atoms. The summed E-state index contributed by atoms with van der Waals surface area (Å²) in [5.74, 6) is 0. The summed E-state index contributed by atoms with van der Waals surface area (Å²) in [6.07, 6.45) is 0. The third-order valence-corrected chi connectivity index (χ3v) is 7.90. The Bertz CT molecular complexity index is 1140. The maximum absolute atomic E-state index is 12.8. The van der Waals surface area contributed by atoms with Crippen LogP contribution in [0.3, 0.4) is 0 Å². The van der Waals surface area contributed by atoms with Gasteiger partial charge in [0.05, 0.1) is 27.6 Å². The van der Waals surface area contributed by atoms with Crippen LogP contribution in [0.2, 0.25) is 0 Å². The molecule has 3 aromatic heterocycles. The Morgan fingerprint density at radius 2 is 2.00 bits per heavy atom. The molecule has 0 atom stereocenters. The molecule has 0 amide bonds. The first-order chi connectivity index (χ1) is 12.0. The first kappa shape index (κ1) is 16.3. The largest absolute Gasteiger partial charge is 0.352 e. The molecule has 0 saturated heterocycles. The van der Waals surface area contributed by atoms with Crippen LogP contribution in [0.1, 0.15) is 5.01 Å². The Kier molecular flexibility index (Phi) is 3.90. The molecule has 0 saturated carbocycles. The van der Waals surface area contributed by atoms with Gasteiger partial charge in [0.25, 0.3) is 10.0 Å². The van der Waals surface area contributed by atoms with Gasteiger partial charge in [-0.3, -0.25) is 4.31 Å². The fourth-order valence-corrected chi connectivity index (χ4v) is 5.68. The van der Waals surface area contributed by atoms with Gasteiger partial charge < -0.3 is 4.98 Å². The molecule has 25 heavy (non-hydrogen) atoms. The van der Waals surface area contributed by atoms with Crippen LogP contribution in [0, 0.1) is 6.92 Å². The molecular weight excluding hydrogens is 374 g/mol. The molecule has 1 aromatic carbocycles. The molecule has 0 aliphatic carbocycles. The van der Waals surface area contributed by atoms with Crippen LogP contribution >= 0.6 is 22.7 Å². The van der Waals surface area contributed by atoms with Gasteiger partial charge in [-0.15, -0.1) is 22.7 Å². The van der Waals surface area contributed by atoms with Gasteiger partial charge in [0.15, 0.2) is 0 Å². The van der Waals surface area contributed by atoms with Crippen molar-refractivity contribution in [1.82, 2.24) is 9.97 Å². The van der Waals surface area contributed by atoms with E-state index < -0.39 is 10.0 Å². The van der Waals surface area contributed by atoms with Crippen molar-refractivity contribution in [1.29, 1.82) is 0 Å². The number of sulfonamides is 1. The molecule has 0 aliphatic heterocycles. The fourth-order valence-electron chi connectivity index (χ4n) is 2.70. The number of anilines is 1. The Morgan fingerprint density at radius 1 is 1.16 bits per heavy atom. The molecule has 4 aromatic rings. The predicted octanol–water partition coefficient (Wildman–Crippen LogP) is 4.49. The highest BCUT2D eigenvalue weighted by Crippen LogP contribution is 2.33. The van der Waals surface area contributed by atoms with Gasteiger partial charge in [0, 0.05) is 17.8 Å². The minimum Gasteiger partial charge on any atom is -0.352 e. The lowest BCUT2D eigenvalue weighted by atomic mass is 10.2. The van der Waals surface area contributed by atoms with Crippen molar-refractivity contribution in [3.63, 3.8) is 0 Å². The maximum Gasteiger partial charge on any atom is 0.273 e. The molecule has 4 rings (SSSR count). The minimum absolute atomic E-state index is 0.328. The highest BCUT2D eigenvalue weighted by Gasteiger charge is 2.24. The average molecular weight is 390 g/mol. The average Bonchev–Trinajstić information content (AvgIpc) is 3.32. The number of H-pyrrole nitrogens is 1. The van der Waals surface area contributed by atoms with Gasteiger partial charge in [-0.2, -0.15) is 0 Å². The number of thiazole rings is 1. The topological polar surface area (TPSA) is 66.1 Å². The number of fused-ring (bicyclic) bond motifs is 1. The second-order valence-electron chi connectivity index (χ2n) is 5.58. The highest BCUT2D eigenvalue weighted by atomic mass is 32.2. The number of hydrogen-bond donors (Lipinski definition) is 1. The SMILES string of the molecule is Cc1nc(-c2cc3cccc(N(C)S(=O)(=O)c4cccs4)c3[nH]2)cs1. The van der Waals surface area contributed by atoms with E-state index >= 15 is 0 Å². The Balaban J connectivity index is 1.84. The summed E-state index contributed by atoms with van der Waals surface area (Å²) in [6.45, 7) is 1.96. The summed E-state index contributed by atoms with van der Waals surface area (Å²) >= 11 is 2.80. The number of benzene rings is 1. The Labute approximate surface area is 153 Å². The lowest BCUT2D eigenvalue weighted by Crippen LogP contribution is -2.26. The zero-order valence-electron chi connectivity index (χ0n) is 13.6. The Morgan fingerprint density at radius 3 is 2.68 bits per heavy atom. The molecular formula is C17H15N3O2S3. The number of thiophene rings is 1. The minimum atomic E-state index is -3.57. The van der Waals surface area contributed by atoms with E-state index in [9.17, 15) is 8.42 Å². The molecule has 0 radical (unpaired) electrons. The molecule has 128 valence electrons. The van der Waals surface area contributed by atoms with Gasteiger partial charge in [-0.1, -0.05) is 18.2 Å². The number of aromatic nitrogens is 2. The number of hydrogen-bond acceptors (Lipinski definition) is 5. The molecule has 0 aliphatic rings. The van der Waals surface area contributed by atoms with Gasteiger partial charge in [-0.05, 0) is 30.5 Å². The molecule has 1 N–H and O–H groups in total. The van der Waals surface area contributed by atoms with Crippen LogP contribution in [-0.2, 0) is 10.0 Å². The van der Waals surface area contributed by atoms with E-state index in [-0.39, 0.29) is 0 Å². The number of rotatable bonds is 4. The number of para-hydroxylation sites is 1. The molecule has 5 nitrogen and oxygen atoms in total. The summed E-state index contributed by atoms with van der Waals surface area (Å²) in [5.41, 5.74) is 3.15. The highest BCUT2D eigenvalue weighted by molar-refractivity contribution is 7.94. The van der Waals surface area contributed by atoms with Crippen molar-refractivity contribution in [3.05, 3.63) is 52.2 Å². The molecule has 0 fully saturated rings. The second kappa shape index (κ2) is 5.98. The second-order valence-corrected chi connectivity index (χ2v) is 9.79. The normalized spacial score (nSPS) is 11.9. The first-order valence-corrected chi connectivity index (χ1v) is 10.7. The van der Waals surface area contributed by atoms with E-state index in [4.69, 9.17) is 0 Å². The molecule has 3 heterocycles. The van der Waals surface area contributed by atoms with E-state index in [2.05, 4.69) is 9.97 Å². The van der Waals surface area contributed by atoms with Crippen molar-refractivity contribution in [3.8, 4) is 11.4 Å². The lowest BCUT2D eigenvalue weighted by Gasteiger charge is -2.19. The number of aryl methyl sites for hydroxylation is 1. The maximum atomic E-state index is 12.8. The summed E-state index contributed by atoms with van der Waals surface area (Å²) < 4.78 is 27.3. The van der Waals surface area contributed by atoms with E-state index in [0.717, 1.165) is 27.3 Å². The zero-order valence-corrected chi connectivity index (χ0v) is 16.0. The third-order valence-electron chi connectivity index (χ3n) is 3.98. The van der Waals surface area contributed by atoms with Gasteiger partial charge in [0.1, 0.15) is 4.21 Å². The summed E-state index contributed by atoms with van der Waals surface area (Å²) in [6, 6.07) is 11.0. The smallest absolute Gasteiger partial charge is 0.273 e. The number of nitrogens with zero attached hydrogens (tertiary/aromatic N) is 2. The lowest BCUT2D eigenvalue weighted by molar-refractivity contribution is 0.596.